The van der Waals surface area contributed by atoms with Crippen LogP contribution in [0.25, 0.3) is 11.0 Å². The monoisotopic (exact) mass is 374 g/mol. The number of aromatic nitrogens is 4. The number of nitriles is 1. The molecule has 2 aromatic heterocycles. The van der Waals surface area contributed by atoms with Gasteiger partial charge in [-0.3, -0.25) is 4.68 Å². The first-order valence-electron chi connectivity index (χ1n) is 7.98. The molecule has 0 amide bonds. The van der Waals surface area contributed by atoms with E-state index in [4.69, 9.17) is 16.3 Å². The lowest BCUT2D eigenvalue weighted by Crippen LogP contribution is -2.09. The van der Waals surface area contributed by atoms with Crippen LogP contribution >= 0.6 is 11.6 Å². The van der Waals surface area contributed by atoms with Crippen molar-refractivity contribution in [1.29, 1.82) is 5.26 Å². The summed E-state index contributed by atoms with van der Waals surface area (Å²) in [6.45, 7) is 4.99. The smallest absolute Gasteiger partial charge is 0.225 e. The van der Waals surface area contributed by atoms with Crippen molar-refractivity contribution in [2.24, 2.45) is 0 Å². The van der Waals surface area contributed by atoms with Crippen molar-refractivity contribution in [3.8, 4) is 6.07 Å². The van der Waals surface area contributed by atoms with E-state index in [1.807, 2.05) is 13.0 Å². The topological polar surface area (TPSA) is 88.7 Å². The minimum absolute atomic E-state index is 0.0142. The van der Waals surface area contributed by atoms with Gasteiger partial charge in [0.25, 0.3) is 0 Å². The van der Waals surface area contributed by atoms with Crippen molar-refractivity contribution in [2.75, 3.05) is 18.5 Å². The summed E-state index contributed by atoms with van der Waals surface area (Å²) in [5, 5.41) is 16.7. The molecular weight excluding hydrogens is 359 g/mol. The Kier molecular flexibility index (Phi) is 5.30. The number of nitrogens with zero attached hydrogens (tertiary/aromatic N) is 5. The van der Waals surface area contributed by atoms with E-state index in [1.165, 1.54) is 6.07 Å². The van der Waals surface area contributed by atoms with E-state index in [9.17, 15) is 9.65 Å². The fourth-order valence-electron chi connectivity index (χ4n) is 2.53. The predicted molar refractivity (Wildman–Crippen MR) is 96.0 cm³/mol. The van der Waals surface area contributed by atoms with Crippen molar-refractivity contribution in [3.63, 3.8) is 0 Å². The van der Waals surface area contributed by atoms with Gasteiger partial charge in [-0.05, 0) is 49.2 Å². The minimum Gasteiger partial charge on any atom is -0.380 e. The van der Waals surface area contributed by atoms with Crippen LogP contribution in [-0.4, -0.2) is 33.0 Å². The molecule has 0 bridgehead atoms. The van der Waals surface area contributed by atoms with Crippen molar-refractivity contribution in [1.82, 2.24) is 19.7 Å². The largest absolute Gasteiger partial charge is 0.380 e. The van der Waals surface area contributed by atoms with Crippen LogP contribution in [0.2, 0.25) is 5.28 Å². The lowest BCUT2D eigenvalue weighted by atomic mass is 10.2. The van der Waals surface area contributed by atoms with E-state index < -0.39 is 0 Å². The van der Waals surface area contributed by atoms with Crippen molar-refractivity contribution < 1.29 is 9.13 Å². The summed E-state index contributed by atoms with van der Waals surface area (Å²) in [7, 11) is 0. The molecule has 26 heavy (non-hydrogen) atoms. The summed E-state index contributed by atoms with van der Waals surface area (Å²) < 4.78 is 20.5. The Morgan fingerprint density at radius 2 is 2.19 bits per heavy atom. The molecule has 0 aliphatic rings. The molecule has 0 fully saturated rings. The Hall–Kier alpha value is -2.76. The van der Waals surface area contributed by atoms with Gasteiger partial charge in [-0.15, -0.1) is 0 Å². The highest BCUT2D eigenvalue weighted by Crippen LogP contribution is 2.28. The normalized spacial score (nSPS) is 10.9. The Morgan fingerprint density at radius 3 is 2.88 bits per heavy atom. The number of benzene rings is 1. The number of nitrogens with one attached hydrogen (secondary N) is 1. The van der Waals surface area contributed by atoms with Crippen LogP contribution in [0.1, 0.15) is 18.2 Å². The van der Waals surface area contributed by atoms with Gasteiger partial charge in [-0.1, -0.05) is 0 Å². The first kappa shape index (κ1) is 18.0. The maximum absolute atomic E-state index is 13.5. The third kappa shape index (κ3) is 3.59. The molecule has 0 unspecified atom stereocenters. The van der Waals surface area contributed by atoms with E-state index in [-0.39, 0.29) is 16.8 Å². The molecule has 9 heteroatoms. The Balaban J connectivity index is 2.09. The fraction of sp³-hybridized carbons (Fsp3) is 0.294. The van der Waals surface area contributed by atoms with Gasteiger partial charge in [0.1, 0.15) is 22.9 Å². The third-order valence-corrected chi connectivity index (χ3v) is 3.91. The van der Waals surface area contributed by atoms with Crippen LogP contribution in [-0.2, 0) is 11.3 Å². The zero-order valence-electron chi connectivity index (χ0n) is 14.3. The summed E-state index contributed by atoms with van der Waals surface area (Å²) in [4.78, 5) is 8.36. The number of ether oxygens (including phenoxy) is 1. The number of halogens is 2. The van der Waals surface area contributed by atoms with Crippen LogP contribution in [0.3, 0.4) is 0 Å². The predicted octanol–water partition coefficient (Wildman–Crippen LogP) is 3.58. The van der Waals surface area contributed by atoms with Crippen molar-refractivity contribution in [3.05, 3.63) is 40.6 Å². The van der Waals surface area contributed by atoms with E-state index in [1.54, 1.807) is 23.7 Å². The molecule has 2 heterocycles. The number of rotatable bonds is 6. The van der Waals surface area contributed by atoms with Gasteiger partial charge in [0.2, 0.25) is 5.28 Å². The lowest BCUT2D eigenvalue weighted by molar-refractivity contribution is 0.137. The van der Waals surface area contributed by atoms with E-state index >= 15 is 0 Å². The molecule has 0 radical (unpaired) electrons. The highest BCUT2D eigenvalue weighted by molar-refractivity contribution is 6.28. The first-order chi connectivity index (χ1) is 12.5. The highest BCUT2D eigenvalue weighted by atomic mass is 35.5. The van der Waals surface area contributed by atoms with E-state index in [2.05, 4.69) is 20.4 Å². The second-order valence-corrected chi connectivity index (χ2v) is 5.85. The molecule has 1 aromatic carbocycles. The van der Waals surface area contributed by atoms with Gasteiger partial charge in [0.05, 0.1) is 13.2 Å². The summed E-state index contributed by atoms with van der Waals surface area (Å²) >= 11 is 6.02. The second kappa shape index (κ2) is 7.64. The summed E-state index contributed by atoms with van der Waals surface area (Å²) in [5.74, 6) is 0.0893. The van der Waals surface area contributed by atoms with Gasteiger partial charge >= 0.3 is 0 Å². The quantitative estimate of drug-likeness (QED) is 0.524. The molecule has 0 saturated carbocycles. The van der Waals surface area contributed by atoms with Gasteiger partial charge in [-0.2, -0.15) is 15.3 Å². The Morgan fingerprint density at radius 1 is 1.38 bits per heavy atom. The Bertz CT molecular complexity index is 997. The fourth-order valence-corrected chi connectivity index (χ4v) is 2.70. The van der Waals surface area contributed by atoms with Crippen LogP contribution < -0.4 is 5.32 Å². The molecule has 7 nitrogen and oxygen atoms in total. The van der Waals surface area contributed by atoms with Gasteiger partial charge in [0.15, 0.2) is 11.5 Å². The molecular formula is C17H16ClFN6O. The zero-order chi connectivity index (χ0) is 18.7. The molecule has 1 N–H and O–H groups in total. The summed E-state index contributed by atoms with van der Waals surface area (Å²) in [6.07, 6.45) is 0. The number of aryl methyl sites for hydroxylation is 1. The molecule has 3 aromatic rings. The molecule has 0 spiro atoms. The van der Waals surface area contributed by atoms with Crippen LogP contribution in [0.4, 0.5) is 15.9 Å². The number of hydrogen-bond donors (Lipinski definition) is 1. The molecule has 0 aliphatic heterocycles. The molecule has 0 atom stereocenters. The summed E-state index contributed by atoms with van der Waals surface area (Å²) in [5.41, 5.74) is 2.17. The minimum atomic E-state index is -0.296. The summed E-state index contributed by atoms with van der Waals surface area (Å²) in [6, 6.07) is 6.63. The van der Waals surface area contributed by atoms with Crippen molar-refractivity contribution in [2.45, 2.75) is 20.4 Å². The van der Waals surface area contributed by atoms with Crippen molar-refractivity contribution >= 4 is 34.1 Å². The van der Waals surface area contributed by atoms with Crippen LogP contribution in [0.15, 0.2) is 18.2 Å². The lowest BCUT2D eigenvalue weighted by Gasteiger charge is -2.10. The third-order valence-electron chi connectivity index (χ3n) is 3.74. The zero-order valence-corrected chi connectivity index (χ0v) is 15.0. The molecule has 0 saturated heterocycles. The standard InChI is InChI=1S/C17H16ClFN6O/c1-3-26-7-6-25-15-14(13(9-20)24-25)22-17(18)23-16(15)21-11-4-5-12(19)10(2)8-11/h4-5,8H,3,6-7H2,1-2H3,(H,21,22,23). The first-order valence-corrected chi connectivity index (χ1v) is 8.36. The molecule has 3 rings (SSSR count). The number of anilines is 2. The van der Waals surface area contributed by atoms with Crippen LogP contribution in [0, 0.1) is 24.1 Å². The molecule has 0 aliphatic carbocycles. The molecule has 134 valence electrons. The number of hydrogen-bond acceptors (Lipinski definition) is 6. The van der Waals surface area contributed by atoms with E-state index in [0.29, 0.717) is 47.9 Å². The average molecular weight is 375 g/mol. The maximum Gasteiger partial charge on any atom is 0.225 e. The SMILES string of the molecule is CCOCCn1nc(C#N)c2nc(Cl)nc(Nc3ccc(F)c(C)c3)c21. The maximum atomic E-state index is 13.5. The van der Waals surface area contributed by atoms with Crippen LogP contribution in [0.5, 0.6) is 0 Å². The van der Waals surface area contributed by atoms with Gasteiger partial charge in [-0.25, -0.2) is 9.37 Å². The highest BCUT2D eigenvalue weighted by Gasteiger charge is 2.18. The second-order valence-electron chi connectivity index (χ2n) is 5.51. The Labute approximate surface area is 154 Å². The number of fused-ring (bicyclic) bond motifs is 1. The average Bonchev–Trinajstić information content (AvgIpc) is 2.96. The van der Waals surface area contributed by atoms with E-state index in [0.717, 1.165) is 0 Å². The van der Waals surface area contributed by atoms with Gasteiger partial charge < -0.3 is 10.1 Å². The van der Waals surface area contributed by atoms with Gasteiger partial charge in [0, 0.05) is 12.3 Å².